The van der Waals surface area contributed by atoms with Crippen LogP contribution in [0.1, 0.15) is 45.1 Å². The average Bonchev–Trinajstić information content (AvgIpc) is 2.44. The molecule has 0 saturated heterocycles. The Labute approximate surface area is 122 Å². The number of aliphatic hydroxyl groups is 1. The molecule has 108 valence electrons. The molecule has 0 saturated carbocycles. The maximum atomic E-state index is 9.31. The molecular formula is C16H27NOS. The molecule has 0 aliphatic carbocycles. The zero-order chi connectivity index (χ0) is 14.3. The fraction of sp³-hybridized carbons (Fsp3) is 0.625. The number of hydrogen-bond acceptors (Lipinski definition) is 3. The summed E-state index contributed by atoms with van der Waals surface area (Å²) in [5.41, 5.74) is 1.26. The van der Waals surface area contributed by atoms with Crippen LogP contribution in [0.2, 0.25) is 0 Å². The first-order chi connectivity index (χ1) is 9.00. The Kier molecular flexibility index (Phi) is 6.90. The van der Waals surface area contributed by atoms with Crippen LogP contribution in [0, 0.1) is 0 Å². The Balaban J connectivity index is 2.33. The summed E-state index contributed by atoms with van der Waals surface area (Å²) < 4.78 is 0. The predicted molar refractivity (Wildman–Crippen MR) is 85.0 cm³/mol. The van der Waals surface area contributed by atoms with Crippen LogP contribution >= 0.6 is 11.8 Å². The molecule has 0 aliphatic rings. The van der Waals surface area contributed by atoms with E-state index in [4.69, 9.17) is 0 Å². The van der Waals surface area contributed by atoms with Crippen molar-refractivity contribution in [2.24, 2.45) is 0 Å². The second kappa shape index (κ2) is 7.93. The lowest BCUT2D eigenvalue weighted by atomic mass is 9.98. The van der Waals surface area contributed by atoms with Gasteiger partial charge in [0.1, 0.15) is 0 Å². The van der Waals surface area contributed by atoms with Crippen LogP contribution in [0.4, 0.5) is 0 Å². The summed E-state index contributed by atoms with van der Waals surface area (Å²) in [6.07, 6.45) is 2.10. The molecule has 1 unspecified atom stereocenters. The van der Waals surface area contributed by atoms with Gasteiger partial charge in [-0.05, 0) is 56.2 Å². The third kappa shape index (κ3) is 5.55. The molecule has 0 aromatic heterocycles. The van der Waals surface area contributed by atoms with Crippen molar-refractivity contribution in [2.45, 2.75) is 50.0 Å². The number of aliphatic hydroxyl groups excluding tert-OH is 1. The van der Waals surface area contributed by atoms with E-state index in [0.29, 0.717) is 5.92 Å². The summed E-state index contributed by atoms with van der Waals surface area (Å²) in [4.78, 5) is 1.33. The summed E-state index contributed by atoms with van der Waals surface area (Å²) in [6.45, 7) is 6.69. The lowest BCUT2D eigenvalue weighted by Crippen LogP contribution is -2.43. The topological polar surface area (TPSA) is 32.3 Å². The van der Waals surface area contributed by atoms with Gasteiger partial charge in [0.2, 0.25) is 0 Å². The van der Waals surface area contributed by atoms with Crippen LogP contribution in [0.25, 0.3) is 0 Å². The van der Waals surface area contributed by atoms with E-state index in [1.54, 1.807) is 0 Å². The molecule has 0 fully saturated rings. The average molecular weight is 281 g/mol. The van der Waals surface area contributed by atoms with Crippen molar-refractivity contribution in [1.29, 1.82) is 0 Å². The predicted octanol–water partition coefficient (Wildman–Crippen LogP) is 3.65. The number of hydrogen-bond donors (Lipinski definition) is 2. The number of thioether (sulfide) groups is 1. The summed E-state index contributed by atoms with van der Waals surface area (Å²) in [5.74, 6) is 1.69. The van der Waals surface area contributed by atoms with E-state index in [2.05, 4.69) is 50.4 Å². The van der Waals surface area contributed by atoms with Crippen molar-refractivity contribution in [1.82, 2.24) is 5.32 Å². The smallest absolute Gasteiger partial charge is 0.0610 e. The molecule has 19 heavy (non-hydrogen) atoms. The standard InChI is InChI=1S/C16H27NOS/c1-13(2)14-6-8-15(9-7-14)19-11-5-10-16(3,12-18)17-4/h6-9,13,17-18H,5,10-12H2,1-4H3. The van der Waals surface area contributed by atoms with Crippen LogP contribution in [0.15, 0.2) is 29.2 Å². The van der Waals surface area contributed by atoms with Gasteiger partial charge in [-0.1, -0.05) is 26.0 Å². The summed E-state index contributed by atoms with van der Waals surface area (Å²) in [6, 6.07) is 8.86. The minimum absolute atomic E-state index is 0.137. The van der Waals surface area contributed by atoms with E-state index in [1.165, 1.54) is 10.5 Å². The van der Waals surface area contributed by atoms with Gasteiger partial charge in [0, 0.05) is 10.4 Å². The lowest BCUT2D eigenvalue weighted by Gasteiger charge is -2.26. The van der Waals surface area contributed by atoms with Gasteiger partial charge in [-0.25, -0.2) is 0 Å². The molecule has 1 aromatic rings. The molecule has 2 nitrogen and oxygen atoms in total. The highest BCUT2D eigenvalue weighted by Crippen LogP contribution is 2.23. The highest BCUT2D eigenvalue weighted by atomic mass is 32.2. The zero-order valence-corrected chi connectivity index (χ0v) is 13.4. The van der Waals surface area contributed by atoms with Crippen LogP contribution in [-0.4, -0.2) is 30.1 Å². The monoisotopic (exact) mass is 281 g/mol. The van der Waals surface area contributed by atoms with Crippen molar-refractivity contribution >= 4 is 11.8 Å². The van der Waals surface area contributed by atoms with Crippen molar-refractivity contribution in [3.63, 3.8) is 0 Å². The van der Waals surface area contributed by atoms with Gasteiger partial charge < -0.3 is 10.4 Å². The Morgan fingerprint density at radius 3 is 2.37 bits per heavy atom. The Hall–Kier alpha value is -0.510. The fourth-order valence-electron chi connectivity index (χ4n) is 1.88. The van der Waals surface area contributed by atoms with Gasteiger partial charge in [-0.2, -0.15) is 0 Å². The number of likely N-dealkylation sites (N-methyl/N-ethyl adjacent to an activating group) is 1. The van der Waals surface area contributed by atoms with Crippen LogP contribution in [0.3, 0.4) is 0 Å². The zero-order valence-electron chi connectivity index (χ0n) is 12.6. The van der Waals surface area contributed by atoms with E-state index in [0.717, 1.165) is 18.6 Å². The second-order valence-electron chi connectivity index (χ2n) is 5.64. The van der Waals surface area contributed by atoms with E-state index in [-0.39, 0.29) is 12.1 Å². The number of nitrogens with one attached hydrogen (secondary N) is 1. The minimum Gasteiger partial charge on any atom is -0.394 e. The molecule has 0 radical (unpaired) electrons. The largest absolute Gasteiger partial charge is 0.394 e. The maximum Gasteiger partial charge on any atom is 0.0610 e. The minimum atomic E-state index is -0.137. The van der Waals surface area contributed by atoms with Crippen LogP contribution < -0.4 is 5.32 Å². The van der Waals surface area contributed by atoms with Crippen molar-refractivity contribution in [3.05, 3.63) is 29.8 Å². The number of benzene rings is 1. The molecule has 0 amide bonds. The van der Waals surface area contributed by atoms with Gasteiger partial charge in [0.05, 0.1) is 6.61 Å². The lowest BCUT2D eigenvalue weighted by molar-refractivity contribution is 0.173. The quantitative estimate of drug-likeness (QED) is 0.563. The first-order valence-corrected chi connectivity index (χ1v) is 8.02. The Morgan fingerprint density at radius 1 is 1.26 bits per heavy atom. The van der Waals surface area contributed by atoms with E-state index >= 15 is 0 Å². The van der Waals surface area contributed by atoms with Gasteiger partial charge in [0.15, 0.2) is 0 Å². The summed E-state index contributed by atoms with van der Waals surface area (Å²) >= 11 is 1.89. The molecule has 2 N–H and O–H groups in total. The van der Waals surface area contributed by atoms with Crippen LogP contribution in [-0.2, 0) is 0 Å². The Morgan fingerprint density at radius 2 is 1.89 bits per heavy atom. The van der Waals surface area contributed by atoms with Gasteiger partial charge in [-0.3, -0.25) is 0 Å². The van der Waals surface area contributed by atoms with Gasteiger partial charge >= 0.3 is 0 Å². The SMILES string of the molecule is CNC(C)(CO)CCCSc1ccc(C(C)C)cc1. The second-order valence-corrected chi connectivity index (χ2v) is 6.81. The molecular weight excluding hydrogens is 254 g/mol. The maximum absolute atomic E-state index is 9.31. The molecule has 1 atom stereocenters. The molecule has 1 aromatic carbocycles. The third-order valence-corrected chi connectivity index (χ3v) is 4.74. The molecule has 3 heteroatoms. The summed E-state index contributed by atoms with van der Waals surface area (Å²) in [5, 5.41) is 12.5. The van der Waals surface area contributed by atoms with Crippen molar-refractivity contribution in [2.75, 3.05) is 19.4 Å². The first kappa shape index (κ1) is 16.5. The van der Waals surface area contributed by atoms with Crippen LogP contribution in [0.5, 0.6) is 0 Å². The fourth-order valence-corrected chi connectivity index (χ4v) is 2.74. The van der Waals surface area contributed by atoms with E-state index in [1.807, 2.05) is 18.8 Å². The highest BCUT2D eigenvalue weighted by Gasteiger charge is 2.19. The first-order valence-electron chi connectivity index (χ1n) is 7.03. The van der Waals surface area contributed by atoms with Crippen molar-refractivity contribution < 1.29 is 5.11 Å². The molecule has 0 heterocycles. The van der Waals surface area contributed by atoms with E-state index in [9.17, 15) is 5.11 Å². The van der Waals surface area contributed by atoms with Crippen molar-refractivity contribution in [3.8, 4) is 0 Å². The van der Waals surface area contributed by atoms with Gasteiger partial charge in [0.25, 0.3) is 0 Å². The number of rotatable bonds is 8. The normalized spacial score (nSPS) is 14.6. The molecule has 0 bridgehead atoms. The molecule has 0 spiro atoms. The Bertz CT molecular complexity index is 358. The van der Waals surface area contributed by atoms with Gasteiger partial charge in [-0.15, -0.1) is 11.8 Å². The highest BCUT2D eigenvalue weighted by molar-refractivity contribution is 7.99. The molecule has 0 aliphatic heterocycles. The molecule has 1 rings (SSSR count). The van der Waals surface area contributed by atoms with E-state index < -0.39 is 0 Å². The third-order valence-electron chi connectivity index (χ3n) is 3.64. The summed E-state index contributed by atoms with van der Waals surface area (Å²) in [7, 11) is 1.91.